The van der Waals surface area contributed by atoms with Gasteiger partial charge in [-0.1, -0.05) is 29.8 Å². The van der Waals surface area contributed by atoms with Crippen LogP contribution in [0.2, 0.25) is 5.15 Å². The first-order valence-corrected chi connectivity index (χ1v) is 11.6. The SMILES string of the molecule is CCOC(=O)N1CCc2c(sc3c2C(=O)NC(c2c(C)nn(-c4ccccc4)c2Cl)N3)C1. The molecule has 4 heterocycles. The summed E-state index contributed by atoms with van der Waals surface area (Å²) in [6, 6.07) is 9.63. The van der Waals surface area contributed by atoms with E-state index in [1.807, 2.05) is 37.3 Å². The van der Waals surface area contributed by atoms with Crippen LogP contribution in [0.15, 0.2) is 30.3 Å². The fraction of sp³-hybridized carbons (Fsp3) is 0.318. The highest BCUT2D eigenvalue weighted by Gasteiger charge is 2.36. The molecule has 2 aromatic heterocycles. The molecule has 0 saturated carbocycles. The smallest absolute Gasteiger partial charge is 0.410 e. The largest absolute Gasteiger partial charge is 0.450 e. The number of hydrogen-bond acceptors (Lipinski definition) is 6. The second-order valence-electron chi connectivity index (χ2n) is 7.67. The molecule has 0 radical (unpaired) electrons. The number of carbonyl (C=O) groups excluding carboxylic acids is 2. The van der Waals surface area contributed by atoms with Crippen LogP contribution >= 0.6 is 22.9 Å². The number of aryl methyl sites for hydroxylation is 1. The topological polar surface area (TPSA) is 88.5 Å². The Morgan fingerprint density at radius 2 is 2.09 bits per heavy atom. The van der Waals surface area contributed by atoms with Gasteiger partial charge in [0.25, 0.3) is 5.91 Å². The summed E-state index contributed by atoms with van der Waals surface area (Å²) in [6.07, 6.45) is -0.206. The molecule has 166 valence electrons. The van der Waals surface area contributed by atoms with Crippen LogP contribution in [0.4, 0.5) is 9.80 Å². The highest BCUT2D eigenvalue weighted by molar-refractivity contribution is 7.16. The normalized spacial score (nSPS) is 17.3. The van der Waals surface area contributed by atoms with Crippen molar-refractivity contribution in [2.75, 3.05) is 18.5 Å². The Morgan fingerprint density at radius 1 is 1.31 bits per heavy atom. The zero-order valence-corrected chi connectivity index (χ0v) is 19.2. The number of nitrogens with zero attached hydrogens (tertiary/aromatic N) is 3. The third kappa shape index (κ3) is 3.41. The lowest BCUT2D eigenvalue weighted by Crippen LogP contribution is -2.39. The number of amides is 2. The Balaban J connectivity index is 1.45. The fourth-order valence-electron chi connectivity index (χ4n) is 4.21. The highest BCUT2D eigenvalue weighted by atomic mass is 35.5. The zero-order chi connectivity index (χ0) is 22.4. The maximum atomic E-state index is 13.1. The maximum Gasteiger partial charge on any atom is 0.410 e. The van der Waals surface area contributed by atoms with E-state index in [0.29, 0.717) is 36.8 Å². The van der Waals surface area contributed by atoms with E-state index < -0.39 is 6.17 Å². The summed E-state index contributed by atoms with van der Waals surface area (Å²) in [4.78, 5) is 27.9. The van der Waals surface area contributed by atoms with Gasteiger partial charge < -0.3 is 20.3 Å². The number of ether oxygens (including phenoxy) is 1. The van der Waals surface area contributed by atoms with E-state index in [1.165, 1.54) is 11.3 Å². The number of benzene rings is 1. The van der Waals surface area contributed by atoms with Crippen LogP contribution in [0.25, 0.3) is 5.69 Å². The molecule has 0 aliphatic carbocycles. The summed E-state index contributed by atoms with van der Waals surface area (Å²) in [5.41, 5.74) is 3.97. The predicted molar refractivity (Wildman–Crippen MR) is 123 cm³/mol. The summed E-state index contributed by atoms with van der Waals surface area (Å²) in [6.45, 7) is 4.97. The molecular weight excluding hydrogens is 450 g/mol. The summed E-state index contributed by atoms with van der Waals surface area (Å²) < 4.78 is 6.81. The van der Waals surface area contributed by atoms with Crippen molar-refractivity contribution in [3.63, 3.8) is 0 Å². The molecule has 0 saturated heterocycles. The zero-order valence-electron chi connectivity index (χ0n) is 17.6. The number of rotatable bonds is 3. The first-order chi connectivity index (χ1) is 15.5. The number of nitrogens with one attached hydrogen (secondary N) is 2. The molecule has 5 rings (SSSR count). The molecule has 2 amide bonds. The predicted octanol–water partition coefficient (Wildman–Crippen LogP) is 4.26. The minimum atomic E-state index is -0.499. The van der Waals surface area contributed by atoms with Crippen molar-refractivity contribution in [3.05, 3.63) is 62.7 Å². The van der Waals surface area contributed by atoms with Crippen molar-refractivity contribution < 1.29 is 14.3 Å². The van der Waals surface area contributed by atoms with Gasteiger partial charge in [-0.05, 0) is 38.0 Å². The number of fused-ring (bicyclic) bond motifs is 3. The molecule has 0 fully saturated rings. The number of para-hydroxylation sites is 1. The van der Waals surface area contributed by atoms with Crippen LogP contribution in [0.5, 0.6) is 0 Å². The Morgan fingerprint density at radius 3 is 2.84 bits per heavy atom. The van der Waals surface area contributed by atoms with Gasteiger partial charge in [0.05, 0.1) is 35.7 Å². The van der Waals surface area contributed by atoms with E-state index in [1.54, 1.807) is 16.5 Å². The van der Waals surface area contributed by atoms with Crippen molar-refractivity contribution in [1.29, 1.82) is 0 Å². The Labute approximate surface area is 194 Å². The average molecular weight is 472 g/mol. The van der Waals surface area contributed by atoms with Crippen LogP contribution in [0, 0.1) is 6.92 Å². The van der Waals surface area contributed by atoms with E-state index in [0.717, 1.165) is 32.4 Å². The van der Waals surface area contributed by atoms with Gasteiger partial charge in [0, 0.05) is 11.4 Å². The van der Waals surface area contributed by atoms with Crippen molar-refractivity contribution in [2.24, 2.45) is 0 Å². The standard InChI is InChI=1S/C22H22ClN5O3S/c1-3-31-22(30)27-10-9-14-15(11-27)32-21-17(14)20(29)24-19(25-21)16-12(2)26-28(18(16)23)13-7-5-4-6-8-13/h4-8,19,25H,3,9-11H2,1-2H3,(H,24,29). The van der Waals surface area contributed by atoms with Crippen LogP contribution in [0.1, 0.15) is 45.1 Å². The van der Waals surface area contributed by atoms with Gasteiger partial charge in [-0.3, -0.25) is 4.79 Å². The number of halogens is 1. The van der Waals surface area contributed by atoms with Crippen molar-refractivity contribution in [2.45, 2.75) is 33.0 Å². The second-order valence-corrected chi connectivity index (χ2v) is 9.13. The molecule has 2 aliphatic rings. The van der Waals surface area contributed by atoms with E-state index >= 15 is 0 Å². The quantitative estimate of drug-likeness (QED) is 0.595. The maximum absolute atomic E-state index is 13.1. The summed E-state index contributed by atoms with van der Waals surface area (Å²) in [7, 11) is 0. The number of aromatic nitrogens is 2. The lowest BCUT2D eigenvalue weighted by Gasteiger charge is -2.28. The second kappa shape index (κ2) is 8.14. The number of anilines is 1. The molecule has 10 heteroatoms. The van der Waals surface area contributed by atoms with E-state index in [2.05, 4.69) is 15.7 Å². The van der Waals surface area contributed by atoms with Crippen molar-refractivity contribution >= 4 is 39.9 Å². The lowest BCUT2D eigenvalue weighted by molar-refractivity contribution is 0.0934. The van der Waals surface area contributed by atoms with Gasteiger partial charge >= 0.3 is 6.09 Å². The van der Waals surface area contributed by atoms with E-state index in [4.69, 9.17) is 16.3 Å². The lowest BCUT2D eigenvalue weighted by atomic mass is 10.0. The molecule has 1 unspecified atom stereocenters. The van der Waals surface area contributed by atoms with E-state index in [9.17, 15) is 9.59 Å². The monoisotopic (exact) mass is 471 g/mol. The molecule has 1 atom stereocenters. The van der Waals surface area contributed by atoms with Gasteiger partial charge in [-0.25, -0.2) is 9.48 Å². The molecule has 32 heavy (non-hydrogen) atoms. The highest BCUT2D eigenvalue weighted by Crippen LogP contribution is 2.42. The average Bonchev–Trinajstić information content (AvgIpc) is 3.30. The van der Waals surface area contributed by atoms with Crippen LogP contribution in [-0.4, -0.2) is 39.8 Å². The molecule has 0 bridgehead atoms. The molecule has 8 nitrogen and oxygen atoms in total. The van der Waals surface area contributed by atoms with Gasteiger partial charge in [-0.2, -0.15) is 5.10 Å². The third-order valence-corrected chi connectivity index (χ3v) is 7.21. The van der Waals surface area contributed by atoms with Gasteiger partial charge in [0.15, 0.2) is 0 Å². The molecule has 3 aromatic rings. The van der Waals surface area contributed by atoms with Crippen LogP contribution in [0.3, 0.4) is 0 Å². The minimum absolute atomic E-state index is 0.145. The van der Waals surface area contributed by atoms with Crippen molar-refractivity contribution in [1.82, 2.24) is 20.0 Å². The molecule has 0 spiro atoms. The molecule has 2 N–H and O–H groups in total. The van der Waals surface area contributed by atoms with Gasteiger partial charge in [0.1, 0.15) is 16.3 Å². The Hall–Kier alpha value is -3.04. The Bertz CT molecular complexity index is 1210. The first-order valence-electron chi connectivity index (χ1n) is 10.4. The van der Waals surface area contributed by atoms with E-state index in [-0.39, 0.29) is 12.0 Å². The number of hydrogen-bond donors (Lipinski definition) is 2. The van der Waals surface area contributed by atoms with Gasteiger partial charge in [-0.15, -0.1) is 11.3 Å². The molecule has 2 aliphatic heterocycles. The fourth-order valence-corrected chi connectivity index (χ4v) is 5.88. The van der Waals surface area contributed by atoms with Crippen LogP contribution < -0.4 is 10.6 Å². The third-order valence-electron chi connectivity index (χ3n) is 5.70. The summed E-state index contributed by atoms with van der Waals surface area (Å²) in [5, 5.41) is 12.3. The summed E-state index contributed by atoms with van der Waals surface area (Å²) >= 11 is 8.21. The molecule has 1 aromatic carbocycles. The molecular formula is C22H22ClN5O3S. The van der Waals surface area contributed by atoms with Gasteiger partial charge in [0.2, 0.25) is 0 Å². The number of carbonyl (C=O) groups is 2. The van der Waals surface area contributed by atoms with Crippen molar-refractivity contribution in [3.8, 4) is 5.69 Å². The Kier molecular flexibility index (Phi) is 5.30. The first kappa shape index (κ1) is 20.8. The number of thiophene rings is 1. The summed E-state index contributed by atoms with van der Waals surface area (Å²) in [5.74, 6) is -0.145. The van der Waals surface area contributed by atoms with Crippen LogP contribution in [-0.2, 0) is 17.7 Å². The minimum Gasteiger partial charge on any atom is -0.450 e.